The van der Waals surface area contributed by atoms with Gasteiger partial charge in [-0.25, -0.2) is 14.8 Å². The third kappa shape index (κ3) is 9.25. The summed E-state index contributed by atoms with van der Waals surface area (Å²) in [6.45, 7) is 0.966. The Hall–Kier alpha value is -4.64. The summed E-state index contributed by atoms with van der Waals surface area (Å²) in [7, 11) is 1.60. The first-order valence-corrected chi connectivity index (χ1v) is 17.0. The minimum absolute atomic E-state index is 0.0565. The highest BCUT2D eigenvalue weighted by atomic mass is 32.2. The SMILES string of the molecule is COc1cccc([C@@H]2OC(c3ccc(OCCCO)cc3)=N[C@]2(C/C=C/c2ccccc2)C(=O)NNCCSCc2ccc(F)cc2)c1. The van der Waals surface area contributed by atoms with Crippen LogP contribution in [-0.2, 0) is 15.3 Å². The number of amides is 1. The molecule has 0 unspecified atom stereocenters. The third-order valence-electron chi connectivity index (χ3n) is 7.72. The summed E-state index contributed by atoms with van der Waals surface area (Å²) in [6, 6.07) is 31.2. The molecule has 1 aliphatic heterocycles. The molecule has 0 aliphatic carbocycles. The minimum atomic E-state index is -1.36. The first-order valence-electron chi connectivity index (χ1n) is 15.8. The first-order chi connectivity index (χ1) is 23.5. The monoisotopic (exact) mass is 669 g/mol. The molecule has 0 aromatic heterocycles. The van der Waals surface area contributed by atoms with Crippen molar-refractivity contribution in [2.45, 2.75) is 30.2 Å². The molecule has 1 heterocycles. The van der Waals surface area contributed by atoms with Crippen molar-refractivity contribution in [1.82, 2.24) is 10.9 Å². The lowest BCUT2D eigenvalue weighted by Gasteiger charge is -2.30. The van der Waals surface area contributed by atoms with Crippen molar-refractivity contribution in [1.29, 1.82) is 0 Å². The Balaban J connectivity index is 1.39. The Morgan fingerprint density at radius 2 is 1.81 bits per heavy atom. The predicted octanol–water partition coefficient (Wildman–Crippen LogP) is 6.51. The van der Waals surface area contributed by atoms with Crippen molar-refractivity contribution >= 4 is 29.6 Å². The van der Waals surface area contributed by atoms with Gasteiger partial charge in [0, 0.05) is 43.1 Å². The molecular weight excluding hydrogens is 629 g/mol. The maximum absolute atomic E-state index is 14.3. The maximum atomic E-state index is 14.3. The Kier molecular flexibility index (Phi) is 12.6. The van der Waals surface area contributed by atoms with E-state index >= 15 is 0 Å². The van der Waals surface area contributed by atoms with Gasteiger partial charge in [0.25, 0.3) is 5.91 Å². The molecule has 0 radical (unpaired) electrons. The number of carbonyl (C=O) groups is 1. The van der Waals surface area contributed by atoms with Crippen molar-refractivity contribution < 1.29 is 28.5 Å². The Morgan fingerprint density at radius 3 is 2.56 bits per heavy atom. The van der Waals surface area contributed by atoms with Gasteiger partial charge in [0.1, 0.15) is 17.3 Å². The fourth-order valence-corrected chi connectivity index (χ4v) is 6.02. The Labute approximate surface area is 285 Å². The molecule has 0 bridgehead atoms. The van der Waals surface area contributed by atoms with Crippen LogP contribution >= 0.6 is 11.8 Å². The number of halogens is 1. The highest BCUT2D eigenvalue weighted by Crippen LogP contribution is 2.43. The Morgan fingerprint density at radius 1 is 1.02 bits per heavy atom. The summed E-state index contributed by atoms with van der Waals surface area (Å²) in [6.07, 6.45) is 3.95. The number of hydrogen-bond donors (Lipinski definition) is 3. The number of hydrogen-bond acceptors (Lipinski definition) is 8. The summed E-state index contributed by atoms with van der Waals surface area (Å²) >= 11 is 1.68. The Bertz CT molecular complexity index is 1670. The zero-order valence-electron chi connectivity index (χ0n) is 26.8. The highest BCUT2D eigenvalue weighted by molar-refractivity contribution is 7.98. The van der Waals surface area contributed by atoms with Crippen LogP contribution in [0, 0.1) is 5.82 Å². The van der Waals surface area contributed by atoms with Gasteiger partial charge < -0.3 is 19.3 Å². The second-order valence-corrected chi connectivity index (χ2v) is 12.2. The first kappa shape index (κ1) is 34.7. The summed E-state index contributed by atoms with van der Waals surface area (Å²) in [4.78, 5) is 19.3. The number of hydrazine groups is 1. The topological polar surface area (TPSA) is 101 Å². The van der Waals surface area contributed by atoms with Gasteiger partial charge in [0.15, 0.2) is 11.6 Å². The summed E-state index contributed by atoms with van der Waals surface area (Å²) in [5.41, 5.74) is 8.11. The minimum Gasteiger partial charge on any atom is -0.497 e. The van der Waals surface area contributed by atoms with Crippen LogP contribution in [0.5, 0.6) is 11.5 Å². The third-order valence-corrected chi connectivity index (χ3v) is 8.75. The van der Waals surface area contributed by atoms with E-state index in [0.717, 1.165) is 28.2 Å². The van der Waals surface area contributed by atoms with E-state index in [9.17, 15) is 9.18 Å². The van der Waals surface area contributed by atoms with Crippen LogP contribution in [0.4, 0.5) is 4.39 Å². The standard InChI is InChI=1S/C38H40FN3O5S/c1-45-34-12-5-11-31(26-34)35-38(21-6-10-28-8-3-2-4-9-28,37(44)42-40-22-25-48-27-29-13-17-32(39)18-14-29)41-36(47-35)30-15-19-33(20-16-30)46-24-7-23-43/h2-6,8-20,26,35,40,43H,7,21-25,27H2,1H3,(H,42,44)/b10-6+/t35-,38-/m0/s1. The largest absolute Gasteiger partial charge is 0.497 e. The zero-order valence-corrected chi connectivity index (χ0v) is 27.6. The molecule has 0 saturated carbocycles. The van der Waals surface area contributed by atoms with Gasteiger partial charge in [-0.3, -0.25) is 10.2 Å². The van der Waals surface area contributed by atoms with Crippen LogP contribution in [0.1, 0.15) is 41.2 Å². The number of benzene rings is 4. The molecule has 8 nitrogen and oxygen atoms in total. The van der Waals surface area contributed by atoms with Gasteiger partial charge in [0.2, 0.25) is 5.90 Å². The van der Waals surface area contributed by atoms with Crippen LogP contribution in [0.15, 0.2) is 114 Å². The van der Waals surface area contributed by atoms with Gasteiger partial charge >= 0.3 is 0 Å². The van der Waals surface area contributed by atoms with E-state index in [0.29, 0.717) is 42.5 Å². The van der Waals surface area contributed by atoms with Crippen molar-refractivity contribution in [3.63, 3.8) is 0 Å². The van der Waals surface area contributed by atoms with Crippen LogP contribution in [-0.4, -0.2) is 55.1 Å². The van der Waals surface area contributed by atoms with E-state index in [1.165, 1.54) is 12.1 Å². The molecule has 1 aliphatic rings. The molecule has 4 aromatic rings. The summed E-state index contributed by atoms with van der Waals surface area (Å²) in [5.74, 6) is 2.49. The van der Waals surface area contributed by atoms with Crippen molar-refractivity contribution in [3.05, 3.63) is 137 Å². The quantitative estimate of drug-likeness (QED) is 0.0871. The molecule has 10 heteroatoms. The van der Waals surface area contributed by atoms with Gasteiger partial charge in [0.05, 0.1) is 13.7 Å². The second-order valence-electron chi connectivity index (χ2n) is 11.1. The van der Waals surface area contributed by atoms with Gasteiger partial charge in [-0.05, 0) is 65.2 Å². The molecule has 5 rings (SSSR count). The second kappa shape index (κ2) is 17.5. The number of ether oxygens (including phenoxy) is 3. The number of thioether (sulfide) groups is 1. The number of methoxy groups -OCH3 is 1. The smallest absolute Gasteiger partial charge is 0.266 e. The number of nitrogens with zero attached hydrogens (tertiary/aromatic N) is 1. The van der Waals surface area contributed by atoms with Gasteiger partial charge in [-0.2, -0.15) is 11.8 Å². The van der Waals surface area contributed by atoms with E-state index in [1.54, 1.807) is 31.0 Å². The van der Waals surface area contributed by atoms with E-state index < -0.39 is 11.6 Å². The number of rotatable bonds is 17. The lowest BCUT2D eigenvalue weighted by atomic mass is 9.84. The zero-order chi connectivity index (χ0) is 33.6. The molecule has 4 aromatic carbocycles. The number of aliphatic hydroxyl groups is 1. The van der Waals surface area contributed by atoms with Gasteiger partial charge in [-0.1, -0.05) is 66.7 Å². The van der Waals surface area contributed by atoms with Gasteiger partial charge in [-0.15, -0.1) is 0 Å². The van der Waals surface area contributed by atoms with Crippen molar-refractivity contribution in [2.75, 3.05) is 32.6 Å². The molecule has 2 atom stereocenters. The van der Waals surface area contributed by atoms with E-state index in [-0.39, 0.29) is 24.8 Å². The summed E-state index contributed by atoms with van der Waals surface area (Å²) < 4.78 is 31.0. The van der Waals surface area contributed by atoms with E-state index in [4.69, 9.17) is 24.3 Å². The molecule has 0 saturated heterocycles. The molecule has 250 valence electrons. The lowest BCUT2D eigenvalue weighted by Crippen LogP contribution is -2.52. The summed E-state index contributed by atoms with van der Waals surface area (Å²) in [5, 5.41) is 9.07. The number of aliphatic hydroxyl groups excluding tert-OH is 1. The molecule has 48 heavy (non-hydrogen) atoms. The number of carbonyl (C=O) groups excluding carboxylic acids is 1. The van der Waals surface area contributed by atoms with E-state index in [1.807, 2.05) is 91.0 Å². The molecule has 3 N–H and O–H groups in total. The van der Waals surface area contributed by atoms with Crippen LogP contribution in [0.25, 0.3) is 6.08 Å². The van der Waals surface area contributed by atoms with Crippen molar-refractivity contribution in [2.24, 2.45) is 4.99 Å². The van der Waals surface area contributed by atoms with E-state index in [2.05, 4.69) is 10.9 Å². The average Bonchev–Trinajstić information content (AvgIpc) is 3.52. The average molecular weight is 670 g/mol. The molecule has 0 fully saturated rings. The fourth-order valence-electron chi connectivity index (χ4n) is 5.20. The molecular formula is C38H40FN3O5S. The fraction of sp³-hybridized carbons (Fsp3) is 0.263. The predicted molar refractivity (Wildman–Crippen MR) is 189 cm³/mol. The molecule has 1 amide bonds. The molecule has 0 spiro atoms. The van der Waals surface area contributed by atoms with Crippen LogP contribution in [0.2, 0.25) is 0 Å². The normalized spacial score (nSPS) is 17.1. The van der Waals surface area contributed by atoms with Crippen LogP contribution < -0.4 is 20.3 Å². The maximum Gasteiger partial charge on any atom is 0.266 e. The number of aliphatic imine (C=N–C) groups is 1. The highest BCUT2D eigenvalue weighted by Gasteiger charge is 2.52. The van der Waals surface area contributed by atoms with Crippen LogP contribution in [0.3, 0.4) is 0 Å². The lowest BCUT2D eigenvalue weighted by molar-refractivity contribution is -0.129. The number of nitrogens with one attached hydrogen (secondary N) is 2. The van der Waals surface area contributed by atoms with Crippen molar-refractivity contribution in [3.8, 4) is 11.5 Å².